The molecule has 0 aromatic heterocycles. The molecule has 0 N–H and O–H groups in total. The van der Waals surface area contributed by atoms with Crippen LogP contribution >= 0.6 is 9.24 Å². The molecule has 0 amide bonds. The smallest absolute Gasteiger partial charge is 0.0396 e. The molecule has 0 saturated heterocycles. The van der Waals surface area contributed by atoms with E-state index >= 15 is 0 Å². The summed E-state index contributed by atoms with van der Waals surface area (Å²) in [5, 5.41) is 1.30. The van der Waals surface area contributed by atoms with E-state index < -0.39 is 0 Å². The van der Waals surface area contributed by atoms with Gasteiger partial charge in [-0.2, -0.15) is 0 Å². The van der Waals surface area contributed by atoms with Crippen molar-refractivity contribution in [2.45, 2.75) is 12.8 Å². The molecule has 1 heterocycles. The summed E-state index contributed by atoms with van der Waals surface area (Å²) in [6, 6.07) is 6.65. The van der Waals surface area contributed by atoms with Crippen LogP contribution in [0.5, 0.6) is 0 Å². The number of hydrogen-bond acceptors (Lipinski definition) is 1. The fourth-order valence-electron chi connectivity index (χ4n) is 1.81. The van der Waals surface area contributed by atoms with Crippen molar-refractivity contribution in [2.24, 2.45) is 0 Å². The molecule has 0 saturated carbocycles. The minimum atomic E-state index is 1.20. The van der Waals surface area contributed by atoms with Crippen LogP contribution in [0.3, 0.4) is 0 Å². The van der Waals surface area contributed by atoms with Gasteiger partial charge in [0.05, 0.1) is 0 Å². The Balaban J connectivity index is 2.46. The van der Waals surface area contributed by atoms with Crippen molar-refractivity contribution < 1.29 is 0 Å². The largest absolute Gasteiger partial charge is 0.374 e. The van der Waals surface area contributed by atoms with Crippen LogP contribution in [0.15, 0.2) is 18.2 Å². The van der Waals surface area contributed by atoms with Gasteiger partial charge in [0.25, 0.3) is 0 Å². The highest BCUT2D eigenvalue weighted by Gasteiger charge is 2.12. The van der Waals surface area contributed by atoms with Crippen LogP contribution < -0.4 is 10.2 Å². The third-order valence-corrected chi connectivity index (χ3v) is 2.81. The van der Waals surface area contributed by atoms with E-state index in [4.69, 9.17) is 0 Å². The van der Waals surface area contributed by atoms with Gasteiger partial charge in [-0.15, -0.1) is 9.24 Å². The highest BCUT2D eigenvalue weighted by Crippen LogP contribution is 2.24. The average molecular weight is 179 g/mol. The molecule has 1 unspecified atom stereocenters. The van der Waals surface area contributed by atoms with E-state index in [0.717, 1.165) is 0 Å². The maximum Gasteiger partial charge on any atom is 0.0396 e. The number of benzene rings is 1. The van der Waals surface area contributed by atoms with E-state index in [2.05, 4.69) is 39.4 Å². The zero-order valence-corrected chi connectivity index (χ0v) is 8.53. The normalized spacial score (nSPS) is 16.0. The average Bonchev–Trinajstić information content (AvgIpc) is 2.04. The molecule has 12 heavy (non-hydrogen) atoms. The van der Waals surface area contributed by atoms with Crippen molar-refractivity contribution >= 4 is 20.2 Å². The van der Waals surface area contributed by atoms with Crippen LogP contribution in [-0.2, 0) is 6.42 Å². The number of rotatable bonds is 0. The summed E-state index contributed by atoms with van der Waals surface area (Å²) in [7, 11) is 4.92. The summed E-state index contributed by atoms with van der Waals surface area (Å²) in [6.07, 6.45) is 2.53. The Morgan fingerprint density at radius 1 is 1.42 bits per heavy atom. The number of aryl methyl sites for hydroxylation is 1. The second-order valence-corrected chi connectivity index (χ2v) is 4.08. The van der Waals surface area contributed by atoms with Gasteiger partial charge in [0, 0.05) is 19.3 Å². The van der Waals surface area contributed by atoms with Crippen LogP contribution in [0.25, 0.3) is 0 Å². The Kier molecular flexibility index (Phi) is 2.06. The monoisotopic (exact) mass is 179 g/mol. The van der Waals surface area contributed by atoms with Crippen molar-refractivity contribution in [1.29, 1.82) is 0 Å². The standard InChI is InChI=1S/C10H14NP/c1-11-6-2-3-8-7-9(12)4-5-10(8)11/h4-5,7H,2-3,6,12H2,1H3. The van der Waals surface area contributed by atoms with Gasteiger partial charge in [0.15, 0.2) is 0 Å². The zero-order valence-electron chi connectivity index (χ0n) is 7.38. The van der Waals surface area contributed by atoms with Gasteiger partial charge in [0.1, 0.15) is 0 Å². The summed E-state index contributed by atoms with van der Waals surface area (Å²) in [5.74, 6) is 0. The molecule has 2 rings (SSSR count). The molecule has 1 aliphatic rings. The Hall–Kier alpha value is -0.550. The van der Waals surface area contributed by atoms with Crippen LogP contribution in [-0.4, -0.2) is 13.6 Å². The minimum Gasteiger partial charge on any atom is -0.374 e. The lowest BCUT2D eigenvalue weighted by Gasteiger charge is -2.27. The summed E-state index contributed by atoms with van der Waals surface area (Å²) < 4.78 is 0. The second-order valence-electron chi connectivity index (χ2n) is 3.41. The van der Waals surface area contributed by atoms with E-state index in [9.17, 15) is 0 Å². The number of anilines is 1. The maximum atomic E-state index is 2.75. The highest BCUT2D eigenvalue weighted by atomic mass is 31.0. The van der Waals surface area contributed by atoms with Gasteiger partial charge < -0.3 is 4.90 Å². The van der Waals surface area contributed by atoms with E-state index in [1.165, 1.54) is 35.9 Å². The second kappa shape index (κ2) is 3.06. The van der Waals surface area contributed by atoms with Gasteiger partial charge in [-0.3, -0.25) is 0 Å². The Morgan fingerprint density at radius 2 is 2.25 bits per heavy atom. The predicted octanol–water partition coefficient (Wildman–Crippen LogP) is 1.57. The summed E-state index contributed by atoms with van der Waals surface area (Å²) in [6.45, 7) is 1.20. The maximum absolute atomic E-state index is 2.75. The fourth-order valence-corrected chi connectivity index (χ4v) is 2.10. The van der Waals surface area contributed by atoms with Crippen LogP contribution in [0, 0.1) is 0 Å². The lowest BCUT2D eigenvalue weighted by molar-refractivity contribution is 0.745. The van der Waals surface area contributed by atoms with E-state index in [0.29, 0.717) is 0 Å². The summed E-state index contributed by atoms with van der Waals surface area (Å²) in [4.78, 5) is 2.34. The molecule has 1 aromatic rings. The molecule has 64 valence electrons. The molecule has 0 radical (unpaired) electrons. The molecule has 0 bridgehead atoms. The topological polar surface area (TPSA) is 3.24 Å². The van der Waals surface area contributed by atoms with Crippen molar-refractivity contribution in [3.63, 3.8) is 0 Å². The molecule has 1 aromatic carbocycles. The van der Waals surface area contributed by atoms with Crippen molar-refractivity contribution in [1.82, 2.24) is 0 Å². The Labute approximate surface area is 76.0 Å². The molecule has 1 atom stereocenters. The molecule has 1 aliphatic heterocycles. The minimum absolute atomic E-state index is 1.20. The van der Waals surface area contributed by atoms with Gasteiger partial charge in [0.2, 0.25) is 0 Å². The van der Waals surface area contributed by atoms with E-state index in [1.54, 1.807) is 0 Å². The summed E-state index contributed by atoms with van der Waals surface area (Å²) >= 11 is 0. The lowest BCUT2D eigenvalue weighted by atomic mass is 10.0. The van der Waals surface area contributed by atoms with Crippen molar-refractivity contribution in [3.05, 3.63) is 23.8 Å². The fraction of sp³-hybridized carbons (Fsp3) is 0.400. The van der Waals surface area contributed by atoms with Gasteiger partial charge in [-0.05, 0) is 35.8 Å². The highest BCUT2D eigenvalue weighted by molar-refractivity contribution is 7.27. The SMILES string of the molecule is CN1CCCc2cc(P)ccc21. The summed E-state index contributed by atoms with van der Waals surface area (Å²) in [5.41, 5.74) is 2.91. The van der Waals surface area contributed by atoms with Crippen molar-refractivity contribution in [3.8, 4) is 0 Å². The third-order valence-electron chi connectivity index (χ3n) is 2.45. The Bertz CT molecular complexity index is 296. The Morgan fingerprint density at radius 3 is 3.08 bits per heavy atom. The molecule has 0 fully saturated rings. The van der Waals surface area contributed by atoms with Gasteiger partial charge >= 0.3 is 0 Å². The zero-order chi connectivity index (χ0) is 8.55. The van der Waals surface area contributed by atoms with Crippen molar-refractivity contribution in [2.75, 3.05) is 18.5 Å². The first kappa shape index (κ1) is 8.07. The quantitative estimate of drug-likeness (QED) is 0.546. The van der Waals surface area contributed by atoms with Crippen LogP contribution in [0.4, 0.5) is 5.69 Å². The predicted molar refractivity (Wildman–Crippen MR) is 57.4 cm³/mol. The van der Waals surface area contributed by atoms with Crippen LogP contribution in [0.1, 0.15) is 12.0 Å². The first-order chi connectivity index (χ1) is 5.77. The third kappa shape index (κ3) is 1.34. The van der Waals surface area contributed by atoms with Gasteiger partial charge in [-0.1, -0.05) is 6.07 Å². The van der Waals surface area contributed by atoms with E-state index in [1.807, 2.05) is 0 Å². The number of hydrogen-bond donors (Lipinski definition) is 0. The molecule has 2 heteroatoms. The molecule has 1 nitrogen and oxygen atoms in total. The van der Waals surface area contributed by atoms with E-state index in [-0.39, 0.29) is 0 Å². The van der Waals surface area contributed by atoms with Crippen LogP contribution in [0.2, 0.25) is 0 Å². The first-order valence-corrected chi connectivity index (χ1v) is 4.94. The number of fused-ring (bicyclic) bond motifs is 1. The number of nitrogens with zero attached hydrogens (tertiary/aromatic N) is 1. The first-order valence-electron chi connectivity index (χ1n) is 4.37. The van der Waals surface area contributed by atoms with Gasteiger partial charge in [-0.25, -0.2) is 0 Å². The lowest BCUT2D eigenvalue weighted by Crippen LogP contribution is -2.25. The molecular weight excluding hydrogens is 165 g/mol. The molecule has 0 aliphatic carbocycles. The molecule has 0 spiro atoms. The molecular formula is C10H14NP.